The number of likely N-dealkylation sites (N-methyl/N-ethyl adjacent to an activating group) is 1. The lowest BCUT2D eigenvalue weighted by Crippen LogP contribution is -2.23. The Hall–Kier alpha value is -3.33. The van der Waals surface area contributed by atoms with Crippen molar-refractivity contribution in [2.75, 3.05) is 14.1 Å². The van der Waals surface area contributed by atoms with Crippen molar-refractivity contribution in [3.05, 3.63) is 52.8 Å². The Kier molecular flexibility index (Phi) is 4.85. The molecule has 0 aliphatic rings. The van der Waals surface area contributed by atoms with Gasteiger partial charge in [0.15, 0.2) is 0 Å². The molecule has 0 aliphatic heterocycles. The highest BCUT2D eigenvalue weighted by atomic mass is 16.4. The average molecular weight is 323 g/mol. The molecule has 1 aromatic carbocycles. The van der Waals surface area contributed by atoms with Gasteiger partial charge in [0.2, 0.25) is 0 Å². The second-order valence-electron chi connectivity index (χ2n) is 5.34. The summed E-state index contributed by atoms with van der Waals surface area (Å²) in [5.41, 5.74) is 1.16. The molecular formula is C18H15N2O4-. The van der Waals surface area contributed by atoms with E-state index in [9.17, 15) is 14.7 Å². The Morgan fingerprint density at radius 1 is 1.25 bits per heavy atom. The molecule has 24 heavy (non-hydrogen) atoms. The molecule has 0 N–H and O–H groups in total. The SMILES string of the molecule is Cc1c(C(=O)[O-])cccc1-c1ccc(/C=C(\C#N)C(=O)N(C)C)o1. The quantitative estimate of drug-likeness (QED) is 0.629. The van der Waals surface area contributed by atoms with Crippen LogP contribution in [-0.2, 0) is 4.79 Å². The number of furan rings is 1. The van der Waals surface area contributed by atoms with E-state index in [1.807, 2.05) is 6.07 Å². The minimum atomic E-state index is -1.26. The van der Waals surface area contributed by atoms with Crippen LogP contribution in [0.5, 0.6) is 0 Å². The number of aromatic carboxylic acids is 1. The third-order valence-electron chi connectivity index (χ3n) is 3.49. The number of nitriles is 1. The largest absolute Gasteiger partial charge is 0.545 e. The molecule has 0 saturated heterocycles. The van der Waals surface area contributed by atoms with Crippen molar-refractivity contribution >= 4 is 18.0 Å². The molecule has 122 valence electrons. The fraction of sp³-hybridized carbons (Fsp3) is 0.167. The van der Waals surface area contributed by atoms with E-state index < -0.39 is 11.9 Å². The highest BCUT2D eigenvalue weighted by molar-refractivity contribution is 6.01. The van der Waals surface area contributed by atoms with Gasteiger partial charge in [0.25, 0.3) is 5.91 Å². The lowest BCUT2D eigenvalue weighted by atomic mass is 10.0. The maximum absolute atomic E-state index is 11.9. The van der Waals surface area contributed by atoms with Gasteiger partial charge in [0, 0.05) is 31.3 Å². The van der Waals surface area contributed by atoms with Crippen LogP contribution in [0.25, 0.3) is 17.4 Å². The Bertz CT molecular complexity index is 869. The second-order valence-corrected chi connectivity index (χ2v) is 5.34. The first-order chi connectivity index (χ1) is 11.3. The van der Waals surface area contributed by atoms with Crippen LogP contribution in [0.2, 0.25) is 0 Å². The third kappa shape index (κ3) is 3.36. The molecule has 6 nitrogen and oxygen atoms in total. The van der Waals surface area contributed by atoms with Gasteiger partial charge >= 0.3 is 0 Å². The van der Waals surface area contributed by atoms with Gasteiger partial charge < -0.3 is 19.2 Å². The van der Waals surface area contributed by atoms with E-state index in [0.29, 0.717) is 22.6 Å². The van der Waals surface area contributed by atoms with Gasteiger partial charge in [-0.25, -0.2) is 0 Å². The molecule has 0 fully saturated rings. The van der Waals surface area contributed by atoms with E-state index in [1.54, 1.807) is 45.3 Å². The standard InChI is InChI=1S/C18H16N2O4/c1-11-14(5-4-6-15(11)18(22)23)16-8-7-13(24-16)9-12(10-19)17(21)20(2)3/h4-9H,1-3H3,(H,22,23)/p-1/b12-9+. The molecule has 0 bridgehead atoms. The molecule has 0 spiro atoms. The molecule has 0 atom stereocenters. The van der Waals surface area contributed by atoms with Gasteiger partial charge in [0.1, 0.15) is 23.2 Å². The predicted octanol–water partition coefficient (Wildman–Crippen LogP) is 1.61. The molecule has 0 saturated carbocycles. The van der Waals surface area contributed by atoms with Crippen LogP contribution in [0.15, 0.2) is 40.3 Å². The monoisotopic (exact) mass is 323 g/mol. The van der Waals surface area contributed by atoms with E-state index in [0.717, 1.165) is 0 Å². The number of carbonyl (C=O) groups excluding carboxylic acids is 2. The fourth-order valence-electron chi connectivity index (χ4n) is 2.22. The first kappa shape index (κ1) is 17.0. The summed E-state index contributed by atoms with van der Waals surface area (Å²) in [6.07, 6.45) is 1.35. The third-order valence-corrected chi connectivity index (χ3v) is 3.49. The van der Waals surface area contributed by atoms with Crippen LogP contribution in [0.1, 0.15) is 21.7 Å². The van der Waals surface area contributed by atoms with E-state index in [-0.39, 0.29) is 11.1 Å². The predicted molar refractivity (Wildman–Crippen MR) is 85.5 cm³/mol. The topological polar surface area (TPSA) is 97.4 Å². The average Bonchev–Trinajstić information content (AvgIpc) is 3.00. The van der Waals surface area contributed by atoms with E-state index in [4.69, 9.17) is 9.68 Å². The van der Waals surface area contributed by atoms with Gasteiger partial charge in [-0.05, 0) is 24.6 Å². The number of carbonyl (C=O) groups is 2. The number of hydrogen-bond donors (Lipinski definition) is 0. The van der Waals surface area contributed by atoms with Gasteiger partial charge in [-0.2, -0.15) is 5.26 Å². The number of carboxylic acid groups (broad SMARTS) is 1. The summed E-state index contributed by atoms with van der Waals surface area (Å²) < 4.78 is 5.64. The molecule has 0 aliphatic carbocycles. The Morgan fingerprint density at radius 3 is 2.54 bits per heavy atom. The zero-order valence-electron chi connectivity index (χ0n) is 13.5. The van der Waals surface area contributed by atoms with E-state index >= 15 is 0 Å². The summed E-state index contributed by atoms with van der Waals surface area (Å²) in [4.78, 5) is 24.3. The first-order valence-electron chi connectivity index (χ1n) is 7.09. The number of benzene rings is 1. The van der Waals surface area contributed by atoms with Crippen molar-refractivity contribution in [1.82, 2.24) is 4.90 Å². The van der Waals surface area contributed by atoms with Gasteiger partial charge in [0.05, 0.1) is 5.97 Å². The van der Waals surface area contributed by atoms with E-state index in [1.165, 1.54) is 17.0 Å². The number of amides is 1. The van der Waals surface area contributed by atoms with Crippen LogP contribution in [0, 0.1) is 18.3 Å². The molecule has 1 amide bonds. The molecule has 0 radical (unpaired) electrons. The maximum atomic E-state index is 11.9. The number of carboxylic acids is 1. The number of hydrogen-bond acceptors (Lipinski definition) is 5. The summed E-state index contributed by atoms with van der Waals surface area (Å²) in [6, 6.07) is 9.89. The Labute approximate surface area is 139 Å². The van der Waals surface area contributed by atoms with Crippen molar-refractivity contribution in [1.29, 1.82) is 5.26 Å². The van der Waals surface area contributed by atoms with Crippen molar-refractivity contribution in [2.24, 2.45) is 0 Å². The normalized spacial score (nSPS) is 11.0. The first-order valence-corrected chi connectivity index (χ1v) is 7.09. The highest BCUT2D eigenvalue weighted by Crippen LogP contribution is 2.28. The van der Waals surface area contributed by atoms with Gasteiger partial charge in [-0.3, -0.25) is 4.79 Å². The zero-order chi connectivity index (χ0) is 17.9. The van der Waals surface area contributed by atoms with Crippen molar-refractivity contribution in [2.45, 2.75) is 6.92 Å². The summed E-state index contributed by atoms with van der Waals surface area (Å²) in [5, 5.41) is 20.2. The zero-order valence-corrected chi connectivity index (χ0v) is 13.5. The minimum absolute atomic E-state index is 0.0545. The second kappa shape index (κ2) is 6.84. The Morgan fingerprint density at radius 2 is 1.96 bits per heavy atom. The number of rotatable bonds is 4. The molecular weight excluding hydrogens is 308 g/mol. The molecule has 2 rings (SSSR count). The van der Waals surface area contributed by atoms with Gasteiger partial charge in [-0.15, -0.1) is 0 Å². The summed E-state index contributed by atoms with van der Waals surface area (Å²) >= 11 is 0. The smallest absolute Gasteiger partial charge is 0.264 e. The molecule has 6 heteroatoms. The molecule has 1 aromatic heterocycles. The Balaban J connectivity index is 2.42. The van der Waals surface area contributed by atoms with Gasteiger partial charge in [-0.1, -0.05) is 18.2 Å². The molecule has 0 unspecified atom stereocenters. The lowest BCUT2D eigenvalue weighted by Gasteiger charge is -2.10. The van der Waals surface area contributed by atoms with Crippen LogP contribution < -0.4 is 5.11 Å². The molecule has 1 heterocycles. The lowest BCUT2D eigenvalue weighted by molar-refractivity contribution is -0.255. The minimum Gasteiger partial charge on any atom is -0.545 e. The maximum Gasteiger partial charge on any atom is 0.264 e. The summed E-state index contributed by atoms with van der Waals surface area (Å²) in [5.74, 6) is -0.915. The fourth-order valence-corrected chi connectivity index (χ4v) is 2.22. The van der Waals surface area contributed by atoms with Crippen LogP contribution >= 0.6 is 0 Å². The van der Waals surface area contributed by atoms with Crippen molar-refractivity contribution < 1.29 is 19.1 Å². The van der Waals surface area contributed by atoms with Crippen LogP contribution in [-0.4, -0.2) is 30.9 Å². The summed E-state index contributed by atoms with van der Waals surface area (Å²) in [7, 11) is 3.10. The highest BCUT2D eigenvalue weighted by Gasteiger charge is 2.14. The number of nitrogens with zero attached hydrogens (tertiary/aromatic N) is 2. The van der Waals surface area contributed by atoms with Crippen molar-refractivity contribution in [3.63, 3.8) is 0 Å². The van der Waals surface area contributed by atoms with Crippen molar-refractivity contribution in [3.8, 4) is 17.4 Å². The van der Waals surface area contributed by atoms with Crippen LogP contribution in [0.4, 0.5) is 0 Å². The van der Waals surface area contributed by atoms with Crippen LogP contribution in [0.3, 0.4) is 0 Å². The van der Waals surface area contributed by atoms with E-state index in [2.05, 4.69) is 0 Å². The summed E-state index contributed by atoms with van der Waals surface area (Å²) in [6.45, 7) is 1.66. The molecule has 2 aromatic rings.